The van der Waals surface area contributed by atoms with Crippen molar-refractivity contribution in [3.8, 4) is 11.5 Å². The Morgan fingerprint density at radius 3 is 2.54 bits per heavy atom. The maximum Gasteiger partial charge on any atom is 0.332 e. The van der Waals surface area contributed by atoms with Crippen molar-refractivity contribution in [3.05, 3.63) is 47.5 Å². The molecule has 0 radical (unpaired) electrons. The monoisotopic (exact) mass is 525 g/mol. The Hall–Kier alpha value is -2.73. The van der Waals surface area contributed by atoms with Crippen molar-refractivity contribution in [2.75, 3.05) is 45.0 Å². The van der Waals surface area contributed by atoms with Gasteiger partial charge in [-0.25, -0.2) is 14.4 Å². The summed E-state index contributed by atoms with van der Waals surface area (Å²) in [6, 6.07) is 7.56. The van der Waals surface area contributed by atoms with E-state index in [1.807, 2.05) is 0 Å². The number of aromatic nitrogens is 2. The summed E-state index contributed by atoms with van der Waals surface area (Å²) in [5.74, 6) is 0.469. The largest absolute Gasteiger partial charge is 0.487 e. The molecule has 1 aliphatic heterocycles. The van der Waals surface area contributed by atoms with Crippen LogP contribution in [0, 0.1) is 5.82 Å². The first-order chi connectivity index (χ1) is 16.7. The van der Waals surface area contributed by atoms with E-state index in [9.17, 15) is 12.8 Å². The van der Waals surface area contributed by atoms with E-state index in [4.69, 9.17) is 25.9 Å². The van der Waals surface area contributed by atoms with Gasteiger partial charge in [-0.1, -0.05) is 11.6 Å². The highest BCUT2D eigenvalue weighted by atomic mass is 35.5. The number of rotatable bonds is 9. The van der Waals surface area contributed by atoms with Crippen molar-refractivity contribution in [2.24, 2.45) is 0 Å². The Bertz CT molecular complexity index is 1320. The van der Waals surface area contributed by atoms with Gasteiger partial charge in [-0.2, -0.15) is 8.42 Å². The van der Waals surface area contributed by atoms with Gasteiger partial charge in [0.05, 0.1) is 23.4 Å². The molecule has 2 aromatic carbocycles. The molecule has 12 heteroatoms. The standard InChI is InChI=1S/C23H27ClFN4O5S/c1-32-10-11-33-21-14-20-17(13-22(21)34-29(35(2,30)31)8-4-3-5-9-29)23(27-15-26-20)28-16-6-7-19(25)18(24)12-16/h6-7,12-15H,3-5,8-11H2,1-2H3,(H,26,27,28)/q+1. The minimum Gasteiger partial charge on any atom is -0.487 e. The van der Waals surface area contributed by atoms with Crippen LogP contribution in [0.2, 0.25) is 5.02 Å². The molecule has 0 saturated carbocycles. The number of anilines is 2. The lowest BCUT2D eigenvalue weighted by Crippen LogP contribution is -2.57. The number of hydroxylamine groups is 2. The Morgan fingerprint density at radius 1 is 1.09 bits per heavy atom. The number of nitrogens with one attached hydrogen (secondary N) is 1. The predicted molar refractivity (Wildman–Crippen MR) is 131 cm³/mol. The highest BCUT2D eigenvalue weighted by molar-refractivity contribution is 7.85. The third-order valence-electron chi connectivity index (χ3n) is 5.79. The van der Waals surface area contributed by atoms with Crippen molar-refractivity contribution in [1.82, 2.24) is 9.97 Å². The van der Waals surface area contributed by atoms with E-state index in [-0.39, 0.29) is 17.4 Å². The summed E-state index contributed by atoms with van der Waals surface area (Å²) in [6.45, 7) is 1.24. The quantitative estimate of drug-likeness (QED) is 0.323. The van der Waals surface area contributed by atoms with Crippen LogP contribution in [-0.2, 0) is 14.8 Å². The number of ether oxygens (including phenoxy) is 2. The first-order valence-electron chi connectivity index (χ1n) is 11.1. The lowest BCUT2D eigenvalue weighted by atomic mass is 10.2. The molecule has 188 valence electrons. The topological polar surface area (TPSA) is 99.6 Å². The van der Waals surface area contributed by atoms with Gasteiger partial charge in [0, 0.05) is 43.2 Å². The van der Waals surface area contributed by atoms with E-state index in [1.54, 1.807) is 19.2 Å². The average Bonchev–Trinajstić information content (AvgIpc) is 2.82. The predicted octanol–water partition coefficient (Wildman–Crippen LogP) is 4.45. The maximum absolute atomic E-state index is 13.6. The third-order valence-corrected chi connectivity index (χ3v) is 7.73. The number of benzene rings is 2. The van der Waals surface area contributed by atoms with E-state index >= 15 is 0 Å². The van der Waals surface area contributed by atoms with Crippen LogP contribution in [-0.4, -0.2) is 62.1 Å². The summed E-state index contributed by atoms with van der Waals surface area (Å²) in [4.78, 5) is 14.9. The lowest BCUT2D eigenvalue weighted by molar-refractivity contribution is -0.978. The van der Waals surface area contributed by atoms with Crippen LogP contribution in [0.25, 0.3) is 10.9 Å². The first kappa shape index (κ1) is 25.4. The molecule has 0 spiro atoms. The Labute approximate surface area is 208 Å². The van der Waals surface area contributed by atoms with Gasteiger partial charge in [-0.15, -0.1) is 0 Å². The van der Waals surface area contributed by atoms with Crippen molar-refractivity contribution in [2.45, 2.75) is 19.3 Å². The summed E-state index contributed by atoms with van der Waals surface area (Å²) in [6.07, 6.45) is 4.95. The number of quaternary nitrogens is 1. The van der Waals surface area contributed by atoms with E-state index in [0.29, 0.717) is 47.9 Å². The van der Waals surface area contributed by atoms with E-state index in [2.05, 4.69) is 15.3 Å². The van der Waals surface area contributed by atoms with Gasteiger partial charge < -0.3 is 14.8 Å². The van der Waals surface area contributed by atoms with Crippen molar-refractivity contribution in [1.29, 1.82) is 0 Å². The Kier molecular flexibility index (Phi) is 7.60. The molecule has 35 heavy (non-hydrogen) atoms. The zero-order chi connectivity index (χ0) is 25.1. The van der Waals surface area contributed by atoms with Crippen LogP contribution >= 0.6 is 11.6 Å². The summed E-state index contributed by atoms with van der Waals surface area (Å²) in [7, 11) is -2.05. The Morgan fingerprint density at radius 2 is 1.86 bits per heavy atom. The van der Waals surface area contributed by atoms with Gasteiger partial charge >= 0.3 is 10.0 Å². The van der Waals surface area contributed by atoms with Gasteiger partial charge in [-0.3, -0.25) is 4.84 Å². The van der Waals surface area contributed by atoms with Crippen LogP contribution in [0.5, 0.6) is 11.5 Å². The third kappa shape index (κ3) is 5.58. The molecular weight excluding hydrogens is 499 g/mol. The van der Waals surface area contributed by atoms with Crippen LogP contribution < -0.4 is 14.9 Å². The highest BCUT2D eigenvalue weighted by Gasteiger charge is 2.44. The maximum atomic E-state index is 13.6. The van der Waals surface area contributed by atoms with Crippen LogP contribution in [0.4, 0.5) is 15.9 Å². The molecule has 4 rings (SSSR count). The molecule has 0 unspecified atom stereocenters. The van der Waals surface area contributed by atoms with E-state index in [1.165, 1.54) is 30.8 Å². The Balaban J connectivity index is 1.79. The van der Waals surface area contributed by atoms with E-state index < -0.39 is 19.9 Å². The van der Waals surface area contributed by atoms with Crippen molar-refractivity contribution >= 4 is 44.0 Å². The summed E-state index contributed by atoms with van der Waals surface area (Å²) >= 11 is 5.92. The number of piperidine rings is 1. The van der Waals surface area contributed by atoms with E-state index in [0.717, 1.165) is 19.3 Å². The number of halogens is 2. The SMILES string of the molecule is COCCOc1cc2ncnc(Nc3ccc(F)c(Cl)c3)c2cc1O[N+]1(S(C)(=O)=O)CCCCC1. The molecule has 1 aliphatic rings. The van der Waals surface area contributed by atoms with Gasteiger partial charge in [0.2, 0.25) is 5.75 Å². The molecule has 1 aromatic heterocycles. The second-order valence-electron chi connectivity index (χ2n) is 8.28. The van der Waals surface area contributed by atoms with Crippen molar-refractivity contribution < 1.29 is 31.2 Å². The average molecular weight is 526 g/mol. The molecule has 1 fully saturated rings. The number of fused-ring (bicyclic) bond motifs is 1. The molecule has 0 bridgehead atoms. The number of hydrogen-bond donors (Lipinski definition) is 1. The number of methoxy groups -OCH3 is 1. The number of hydrogen-bond acceptors (Lipinski definition) is 8. The molecule has 9 nitrogen and oxygen atoms in total. The van der Waals surface area contributed by atoms with Crippen LogP contribution in [0.1, 0.15) is 19.3 Å². The first-order valence-corrected chi connectivity index (χ1v) is 13.3. The van der Waals surface area contributed by atoms with Crippen LogP contribution in [0.3, 0.4) is 0 Å². The molecular formula is C23H27ClFN4O5S+. The molecule has 0 atom stereocenters. The smallest absolute Gasteiger partial charge is 0.332 e. The molecule has 3 aromatic rings. The fourth-order valence-electron chi connectivity index (χ4n) is 3.96. The lowest BCUT2D eigenvalue weighted by Gasteiger charge is -2.35. The van der Waals surface area contributed by atoms with Gasteiger partial charge in [0.15, 0.2) is 5.75 Å². The molecule has 1 saturated heterocycles. The van der Waals surface area contributed by atoms with Crippen molar-refractivity contribution in [3.63, 3.8) is 0 Å². The second-order valence-corrected chi connectivity index (χ2v) is 10.8. The second kappa shape index (κ2) is 10.5. The fourth-order valence-corrected chi connectivity index (χ4v) is 5.27. The molecule has 0 aliphatic carbocycles. The summed E-state index contributed by atoms with van der Waals surface area (Å²) in [5, 5.41) is 3.64. The van der Waals surface area contributed by atoms with Gasteiger partial charge in [0.25, 0.3) is 0 Å². The molecule has 2 heterocycles. The molecule has 1 N–H and O–H groups in total. The van der Waals surface area contributed by atoms with Crippen LogP contribution in [0.15, 0.2) is 36.7 Å². The van der Waals surface area contributed by atoms with Gasteiger partial charge in [-0.05, 0) is 28.7 Å². The minimum atomic E-state index is -3.61. The van der Waals surface area contributed by atoms with Gasteiger partial charge in [0.1, 0.15) is 37.7 Å². The summed E-state index contributed by atoms with van der Waals surface area (Å²) < 4.78 is 49.7. The number of nitrogens with zero attached hydrogens (tertiary/aromatic N) is 3. The number of sulfonamides is 1. The minimum absolute atomic E-state index is 0.0316. The zero-order valence-corrected chi connectivity index (χ0v) is 21.0. The fraction of sp³-hybridized carbons (Fsp3) is 0.391. The highest BCUT2D eigenvalue weighted by Crippen LogP contribution is 2.38. The zero-order valence-electron chi connectivity index (χ0n) is 19.5. The normalized spacial score (nSPS) is 15.7. The summed E-state index contributed by atoms with van der Waals surface area (Å²) in [5.41, 5.74) is 1.06. The molecule has 0 amide bonds.